The standard InChI is InChI=1S/C18H27N3O3S/c1-4-6-8-10-20-17-15(13(3)12-25-17)16(23)21(18(20)24)11-14(22)19-9-7-5-2/h12H,4-11H2,1-3H3,(H,19,22). The van der Waals surface area contributed by atoms with Crippen molar-refractivity contribution in [1.82, 2.24) is 14.5 Å². The van der Waals surface area contributed by atoms with Crippen LogP contribution in [0.3, 0.4) is 0 Å². The number of nitrogens with one attached hydrogen (secondary N) is 1. The fraction of sp³-hybridized carbons (Fsp3) is 0.611. The van der Waals surface area contributed by atoms with E-state index in [1.807, 2.05) is 19.2 Å². The highest BCUT2D eigenvalue weighted by molar-refractivity contribution is 7.17. The SMILES string of the molecule is CCCCCn1c(=O)n(CC(=O)NCCCC)c(=O)c2c(C)csc21. The van der Waals surface area contributed by atoms with Gasteiger partial charge in [0.2, 0.25) is 5.91 Å². The van der Waals surface area contributed by atoms with E-state index in [0.29, 0.717) is 23.3 Å². The van der Waals surface area contributed by atoms with Crippen molar-refractivity contribution in [2.24, 2.45) is 0 Å². The van der Waals surface area contributed by atoms with Crippen LogP contribution in [0.4, 0.5) is 0 Å². The summed E-state index contributed by atoms with van der Waals surface area (Å²) in [5.41, 5.74) is 0.103. The molecule has 0 aliphatic heterocycles. The Morgan fingerprint density at radius 2 is 1.84 bits per heavy atom. The summed E-state index contributed by atoms with van der Waals surface area (Å²) in [6.07, 6.45) is 4.81. The number of fused-ring (bicyclic) bond motifs is 1. The summed E-state index contributed by atoms with van der Waals surface area (Å²) >= 11 is 1.42. The molecule has 7 heteroatoms. The minimum atomic E-state index is -0.388. The number of thiophene rings is 1. The van der Waals surface area contributed by atoms with Gasteiger partial charge < -0.3 is 5.32 Å². The lowest BCUT2D eigenvalue weighted by Gasteiger charge is -2.12. The largest absolute Gasteiger partial charge is 0.355 e. The van der Waals surface area contributed by atoms with E-state index in [4.69, 9.17) is 0 Å². The van der Waals surface area contributed by atoms with Gasteiger partial charge in [-0.15, -0.1) is 11.3 Å². The third kappa shape index (κ3) is 4.39. The first kappa shape index (κ1) is 19.4. The van der Waals surface area contributed by atoms with Gasteiger partial charge >= 0.3 is 5.69 Å². The zero-order chi connectivity index (χ0) is 18.4. The minimum Gasteiger partial charge on any atom is -0.355 e. The van der Waals surface area contributed by atoms with Crippen LogP contribution in [0.2, 0.25) is 0 Å². The van der Waals surface area contributed by atoms with Gasteiger partial charge in [0.05, 0.1) is 5.39 Å². The van der Waals surface area contributed by atoms with Gasteiger partial charge in [-0.1, -0.05) is 33.1 Å². The monoisotopic (exact) mass is 365 g/mol. The number of rotatable bonds is 9. The lowest BCUT2D eigenvalue weighted by atomic mass is 10.2. The minimum absolute atomic E-state index is 0.222. The summed E-state index contributed by atoms with van der Waals surface area (Å²) < 4.78 is 2.73. The first-order valence-corrected chi connectivity index (χ1v) is 9.87. The number of carbonyl (C=O) groups excluding carboxylic acids is 1. The van der Waals surface area contributed by atoms with Crippen LogP contribution in [0.1, 0.15) is 51.5 Å². The molecular formula is C18H27N3O3S. The maximum Gasteiger partial charge on any atom is 0.332 e. The van der Waals surface area contributed by atoms with Crippen molar-refractivity contribution in [2.75, 3.05) is 6.54 Å². The molecular weight excluding hydrogens is 338 g/mol. The van der Waals surface area contributed by atoms with Crippen LogP contribution in [0.15, 0.2) is 15.0 Å². The highest BCUT2D eigenvalue weighted by atomic mass is 32.1. The van der Waals surface area contributed by atoms with E-state index in [1.54, 1.807) is 4.57 Å². The van der Waals surface area contributed by atoms with Crippen molar-refractivity contribution in [2.45, 2.75) is 66.0 Å². The van der Waals surface area contributed by atoms with Crippen LogP contribution >= 0.6 is 11.3 Å². The van der Waals surface area contributed by atoms with Crippen LogP contribution in [-0.2, 0) is 17.9 Å². The Morgan fingerprint density at radius 1 is 1.12 bits per heavy atom. The van der Waals surface area contributed by atoms with Crippen LogP contribution in [-0.4, -0.2) is 21.6 Å². The predicted octanol–water partition coefficient (Wildman–Crippen LogP) is 2.64. The summed E-state index contributed by atoms with van der Waals surface area (Å²) in [4.78, 5) is 38.4. The number of aromatic nitrogens is 2. The molecule has 2 aromatic heterocycles. The molecule has 138 valence electrons. The molecule has 1 amide bonds. The molecule has 0 spiro atoms. The third-order valence-corrected chi connectivity index (χ3v) is 5.38. The van der Waals surface area contributed by atoms with E-state index < -0.39 is 0 Å². The molecule has 6 nitrogen and oxygen atoms in total. The fourth-order valence-corrected chi connectivity index (χ4v) is 3.87. The summed E-state index contributed by atoms with van der Waals surface area (Å²) in [6.45, 7) is 6.93. The van der Waals surface area contributed by atoms with Gasteiger partial charge in [-0.25, -0.2) is 4.79 Å². The van der Waals surface area contributed by atoms with Crippen molar-refractivity contribution in [3.05, 3.63) is 31.8 Å². The zero-order valence-electron chi connectivity index (χ0n) is 15.3. The van der Waals surface area contributed by atoms with Crippen molar-refractivity contribution in [3.63, 3.8) is 0 Å². The number of amides is 1. The molecule has 2 heterocycles. The topological polar surface area (TPSA) is 73.1 Å². The number of nitrogens with zero attached hydrogens (tertiary/aromatic N) is 2. The Bertz CT molecular complexity index is 848. The molecule has 0 saturated heterocycles. The maximum atomic E-state index is 12.8. The molecule has 0 atom stereocenters. The van der Waals surface area contributed by atoms with Gasteiger partial charge in [-0.2, -0.15) is 0 Å². The van der Waals surface area contributed by atoms with Gasteiger partial charge in [0, 0.05) is 13.1 Å². The van der Waals surface area contributed by atoms with Gasteiger partial charge in [-0.3, -0.25) is 18.7 Å². The highest BCUT2D eigenvalue weighted by Gasteiger charge is 2.18. The Hall–Kier alpha value is -1.89. The molecule has 2 rings (SSSR count). The Balaban J connectivity index is 2.41. The Labute approximate surface area is 151 Å². The Kier molecular flexibility index (Phi) is 6.99. The highest BCUT2D eigenvalue weighted by Crippen LogP contribution is 2.21. The molecule has 0 bridgehead atoms. The molecule has 0 aromatic carbocycles. The van der Waals surface area contributed by atoms with Gasteiger partial charge in [0.25, 0.3) is 5.56 Å². The molecule has 0 saturated carbocycles. The molecule has 0 aliphatic rings. The number of aryl methyl sites for hydroxylation is 2. The number of hydrogen-bond donors (Lipinski definition) is 1. The average Bonchev–Trinajstić information content (AvgIpc) is 2.96. The summed E-state index contributed by atoms with van der Waals surface area (Å²) in [5, 5.41) is 5.22. The van der Waals surface area contributed by atoms with Gasteiger partial charge in [-0.05, 0) is 30.7 Å². The smallest absolute Gasteiger partial charge is 0.332 e. The van der Waals surface area contributed by atoms with E-state index in [-0.39, 0.29) is 23.7 Å². The van der Waals surface area contributed by atoms with Crippen LogP contribution < -0.4 is 16.6 Å². The van der Waals surface area contributed by atoms with E-state index in [2.05, 4.69) is 12.2 Å². The molecule has 0 radical (unpaired) electrons. The van der Waals surface area contributed by atoms with E-state index in [0.717, 1.165) is 42.2 Å². The molecule has 25 heavy (non-hydrogen) atoms. The molecule has 1 N–H and O–H groups in total. The van der Waals surface area contributed by atoms with Crippen molar-refractivity contribution >= 4 is 27.5 Å². The quantitative estimate of drug-likeness (QED) is 0.694. The van der Waals surface area contributed by atoms with E-state index in [9.17, 15) is 14.4 Å². The second kappa shape index (κ2) is 8.99. The van der Waals surface area contributed by atoms with Gasteiger partial charge in [0.1, 0.15) is 11.4 Å². The second-order valence-corrected chi connectivity index (χ2v) is 7.19. The van der Waals surface area contributed by atoms with Crippen LogP contribution in [0.5, 0.6) is 0 Å². The van der Waals surface area contributed by atoms with Crippen LogP contribution in [0.25, 0.3) is 10.2 Å². The normalized spacial score (nSPS) is 11.2. The first-order valence-electron chi connectivity index (χ1n) is 8.99. The zero-order valence-corrected chi connectivity index (χ0v) is 16.1. The number of carbonyl (C=O) groups is 1. The van der Waals surface area contributed by atoms with Crippen molar-refractivity contribution in [1.29, 1.82) is 0 Å². The fourth-order valence-electron chi connectivity index (χ4n) is 2.80. The van der Waals surface area contributed by atoms with E-state index >= 15 is 0 Å². The van der Waals surface area contributed by atoms with Gasteiger partial charge in [0.15, 0.2) is 0 Å². The molecule has 2 aromatic rings. The second-order valence-electron chi connectivity index (χ2n) is 6.33. The number of hydrogen-bond acceptors (Lipinski definition) is 4. The Morgan fingerprint density at radius 3 is 2.52 bits per heavy atom. The molecule has 0 unspecified atom stereocenters. The van der Waals surface area contributed by atoms with E-state index in [1.165, 1.54) is 11.3 Å². The van der Waals surface area contributed by atoms with Crippen LogP contribution in [0, 0.1) is 6.92 Å². The predicted molar refractivity (Wildman–Crippen MR) is 103 cm³/mol. The first-order chi connectivity index (χ1) is 12.0. The molecule has 0 fully saturated rings. The summed E-state index contributed by atoms with van der Waals surface area (Å²) in [7, 11) is 0. The number of unbranched alkanes of at least 4 members (excludes halogenated alkanes) is 3. The van der Waals surface area contributed by atoms with Crippen molar-refractivity contribution < 1.29 is 4.79 Å². The maximum absolute atomic E-state index is 12.8. The lowest BCUT2D eigenvalue weighted by Crippen LogP contribution is -2.43. The van der Waals surface area contributed by atoms with Crippen molar-refractivity contribution in [3.8, 4) is 0 Å². The average molecular weight is 365 g/mol. The summed E-state index contributed by atoms with van der Waals surface area (Å²) in [6, 6.07) is 0. The molecule has 0 aliphatic carbocycles. The summed E-state index contributed by atoms with van der Waals surface area (Å²) in [5.74, 6) is -0.292. The lowest BCUT2D eigenvalue weighted by molar-refractivity contribution is -0.121. The third-order valence-electron chi connectivity index (χ3n) is 4.26.